The monoisotopic (exact) mass is 372 g/mol. The zero-order chi connectivity index (χ0) is 18.3. The molecular weight excluding hydrogens is 342 g/mol. The van der Waals surface area contributed by atoms with Gasteiger partial charge in [0.05, 0.1) is 6.04 Å². The number of carbonyl (C=O) groups excluding carboxylic acids is 1. The molecule has 1 aliphatic rings. The van der Waals surface area contributed by atoms with E-state index in [0.29, 0.717) is 6.04 Å². The van der Waals surface area contributed by atoms with Crippen LogP contribution in [-0.4, -0.2) is 24.4 Å². The lowest BCUT2D eigenvalue weighted by Gasteiger charge is -2.29. The van der Waals surface area contributed by atoms with Crippen molar-refractivity contribution in [2.24, 2.45) is 5.92 Å². The molecule has 25 heavy (non-hydrogen) atoms. The van der Waals surface area contributed by atoms with E-state index in [1.807, 2.05) is 17.5 Å². The lowest BCUT2D eigenvalue weighted by Crippen LogP contribution is -2.39. The van der Waals surface area contributed by atoms with E-state index in [1.54, 1.807) is 11.3 Å². The SMILES string of the molecule is CCCC(C)NCCC(NC(=O)C1CCC(F)(F)CC1)c1cccs1. The molecule has 1 aliphatic carbocycles. The number of amides is 1. The maximum absolute atomic E-state index is 13.3. The molecule has 2 atom stereocenters. The van der Waals surface area contributed by atoms with E-state index in [1.165, 1.54) is 0 Å². The van der Waals surface area contributed by atoms with E-state index >= 15 is 0 Å². The predicted octanol–water partition coefficient (Wildman–Crippen LogP) is 4.90. The highest BCUT2D eigenvalue weighted by atomic mass is 32.1. The summed E-state index contributed by atoms with van der Waals surface area (Å²) in [4.78, 5) is 13.7. The molecular formula is C19H30F2N2OS. The molecule has 0 radical (unpaired) electrons. The number of halogens is 2. The van der Waals surface area contributed by atoms with Crippen LogP contribution in [0.3, 0.4) is 0 Å². The van der Waals surface area contributed by atoms with E-state index in [0.717, 1.165) is 30.7 Å². The minimum absolute atomic E-state index is 0.0451. The zero-order valence-electron chi connectivity index (χ0n) is 15.2. The maximum atomic E-state index is 13.3. The first-order valence-corrected chi connectivity index (χ1v) is 10.2. The van der Waals surface area contributed by atoms with E-state index in [9.17, 15) is 13.6 Å². The Balaban J connectivity index is 1.87. The molecule has 1 aromatic heterocycles. The topological polar surface area (TPSA) is 41.1 Å². The van der Waals surface area contributed by atoms with Crippen molar-refractivity contribution in [3.63, 3.8) is 0 Å². The Morgan fingerprint density at radius 3 is 2.68 bits per heavy atom. The Kier molecular flexibility index (Phi) is 7.81. The van der Waals surface area contributed by atoms with Crippen LogP contribution in [0.1, 0.15) is 69.7 Å². The molecule has 0 saturated heterocycles. The second-order valence-electron chi connectivity index (χ2n) is 7.14. The molecule has 2 rings (SSSR count). The lowest BCUT2D eigenvalue weighted by molar-refractivity contribution is -0.129. The maximum Gasteiger partial charge on any atom is 0.248 e. The van der Waals surface area contributed by atoms with E-state index in [2.05, 4.69) is 24.5 Å². The third-order valence-corrected chi connectivity index (χ3v) is 5.92. The summed E-state index contributed by atoms with van der Waals surface area (Å²) in [5.74, 6) is -2.95. The molecule has 3 nitrogen and oxygen atoms in total. The first-order chi connectivity index (χ1) is 11.9. The van der Waals surface area contributed by atoms with Gasteiger partial charge < -0.3 is 10.6 Å². The van der Waals surface area contributed by atoms with Crippen LogP contribution >= 0.6 is 11.3 Å². The molecule has 0 aromatic carbocycles. The number of thiophene rings is 1. The van der Waals surface area contributed by atoms with Gasteiger partial charge in [-0.3, -0.25) is 4.79 Å². The van der Waals surface area contributed by atoms with E-state index in [4.69, 9.17) is 0 Å². The van der Waals surface area contributed by atoms with Gasteiger partial charge in [-0.15, -0.1) is 11.3 Å². The summed E-state index contributed by atoms with van der Waals surface area (Å²) in [5, 5.41) is 8.61. The van der Waals surface area contributed by atoms with Gasteiger partial charge in [-0.1, -0.05) is 19.4 Å². The highest BCUT2D eigenvalue weighted by Crippen LogP contribution is 2.36. The van der Waals surface area contributed by atoms with Crippen molar-refractivity contribution in [2.75, 3.05) is 6.54 Å². The van der Waals surface area contributed by atoms with Gasteiger partial charge >= 0.3 is 0 Å². The van der Waals surface area contributed by atoms with Crippen LogP contribution in [-0.2, 0) is 4.79 Å². The summed E-state index contributed by atoms with van der Waals surface area (Å²) in [5.41, 5.74) is 0. The van der Waals surface area contributed by atoms with E-state index < -0.39 is 5.92 Å². The summed E-state index contributed by atoms with van der Waals surface area (Å²) in [6.45, 7) is 5.16. The molecule has 1 saturated carbocycles. The molecule has 0 spiro atoms. The van der Waals surface area contributed by atoms with Gasteiger partial charge in [0.25, 0.3) is 0 Å². The summed E-state index contributed by atoms with van der Waals surface area (Å²) < 4.78 is 26.6. The average Bonchev–Trinajstić information content (AvgIpc) is 3.08. The Labute approximate surface area is 153 Å². The van der Waals surface area contributed by atoms with Crippen LogP contribution in [0, 0.1) is 5.92 Å². The minimum Gasteiger partial charge on any atom is -0.348 e. The quantitative estimate of drug-likeness (QED) is 0.647. The Bertz CT molecular complexity index is 512. The van der Waals surface area contributed by atoms with Crippen molar-refractivity contribution in [3.05, 3.63) is 22.4 Å². The number of carbonyl (C=O) groups is 1. The minimum atomic E-state index is -2.59. The van der Waals surface area contributed by atoms with Gasteiger partial charge in [0, 0.05) is 29.7 Å². The predicted molar refractivity (Wildman–Crippen MR) is 99.1 cm³/mol. The number of rotatable bonds is 9. The molecule has 1 fully saturated rings. The summed E-state index contributed by atoms with van der Waals surface area (Å²) >= 11 is 1.63. The van der Waals surface area contributed by atoms with Crippen LogP contribution in [0.15, 0.2) is 17.5 Å². The number of hydrogen-bond donors (Lipinski definition) is 2. The van der Waals surface area contributed by atoms with Crippen LogP contribution < -0.4 is 10.6 Å². The van der Waals surface area contributed by atoms with Crippen LogP contribution in [0.2, 0.25) is 0 Å². The zero-order valence-corrected chi connectivity index (χ0v) is 16.0. The molecule has 142 valence electrons. The molecule has 6 heteroatoms. The Morgan fingerprint density at radius 1 is 1.36 bits per heavy atom. The van der Waals surface area contributed by atoms with Crippen molar-refractivity contribution in [1.82, 2.24) is 10.6 Å². The summed E-state index contributed by atoms with van der Waals surface area (Å²) in [6.07, 6.45) is 3.29. The van der Waals surface area contributed by atoms with Crippen molar-refractivity contribution < 1.29 is 13.6 Å². The van der Waals surface area contributed by atoms with Crippen molar-refractivity contribution in [1.29, 1.82) is 0 Å². The Hall–Kier alpha value is -1.01. The van der Waals surface area contributed by atoms with Crippen LogP contribution in [0.5, 0.6) is 0 Å². The molecule has 1 heterocycles. The molecule has 1 amide bonds. The fraction of sp³-hybridized carbons (Fsp3) is 0.737. The molecule has 1 aromatic rings. The standard InChI is InChI=1S/C19H30F2N2OS/c1-3-5-14(2)22-12-9-16(17-6-4-13-25-17)23-18(24)15-7-10-19(20,21)11-8-15/h4,6,13-16,22H,3,5,7-12H2,1-2H3,(H,23,24). The van der Waals surface area contributed by atoms with E-state index in [-0.39, 0.29) is 43.6 Å². The van der Waals surface area contributed by atoms with Gasteiger partial charge in [0.2, 0.25) is 11.8 Å². The third kappa shape index (κ3) is 6.66. The average molecular weight is 373 g/mol. The van der Waals surface area contributed by atoms with Crippen LogP contribution in [0.25, 0.3) is 0 Å². The number of hydrogen-bond acceptors (Lipinski definition) is 3. The summed E-state index contributed by atoms with van der Waals surface area (Å²) in [7, 11) is 0. The van der Waals surface area contributed by atoms with Gasteiger partial charge in [0.15, 0.2) is 0 Å². The Morgan fingerprint density at radius 2 is 2.08 bits per heavy atom. The fourth-order valence-corrected chi connectivity index (χ4v) is 4.19. The molecule has 0 aliphatic heterocycles. The largest absolute Gasteiger partial charge is 0.348 e. The van der Waals surface area contributed by atoms with Crippen molar-refractivity contribution in [3.8, 4) is 0 Å². The number of nitrogens with one attached hydrogen (secondary N) is 2. The summed E-state index contributed by atoms with van der Waals surface area (Å²) in [6, 6.07) is 4.43. The molecule has 2 N–H and O–H groups in total. The van der Waals surface area contributed by atoms with Crippen molar-refractivity contribution in [2.45, 2.75) is 76.8 Å². The normalized spacial score (nSPS) is 20.2. The first-order valence-electron chi connectivity index (χ1n) is 9.36. The van der Waals surface area contributed by atoms with Gasteiger partial charge in [-0.25, -0.2) is 8.78 Å². The van der Waals surface area contributed by atoms with Gasteiger partial charge in [0.1, 0.15) is 0 Å². The lowest BCUT2D eigenvalue weighted by atomic mass is 9.86. The first kappa shape index (κ1) is 20.3. The van der Waals surface area contributed by atoms with Crippen LogP contribution in [0.4, 0.5) is 8.78 Å². The second kappa shape index (κ2) is 9.62. The highest BCUT2D eigenvalue weighted by Gasteiger charge is 2.37. The molecule has 0 bridgehead atoms. The third-order valence-electron chi connectivity index (χ3n) is 4.94. The smallest absolute Gasteiger partial charge is 0.248 e. The molecule has 2 unspecified atom stereocenters. The van der Waals surface area contributed by atoms with Gasteiger partial charge in [-0.2, -0.15) is 0 Å². The number of alkyl halides is 2. The van der Waals surface area contributed by atoms with Gasteiger partial charge in [-0.05, 0) is 50.6 Å². The fourth-order valence-electron chi connectivity index (χ4n) is 3.38. The highest BCUT2D eigenvalue weighted by molar-refractivity contribution is 7.10. The second-order valence-corrected chi connectivity index (χ2v) is 8.12. The van der Waals surface area contributed by atoms with Crippen molar-refractivity contribution >= 4 is 17.2 Å².